The van der Waals surface area contributed by atoms with Crippen LogP contribution in [0.5, 0.6) is 0 Å². The number of nitrogens with one attached hydrogen (secondary N) is 3. The largest absolute Gasteiger partial charge is 0.444 e. The van der Waals surface area contributed by atoms with E-state index in [4.69, 9.17) is 14.5 Å². The lowest BCUT2D eigenvalue weighted by atomic mass is 9.84. The maximum Gasteiger partial charge on any atom is 0.412 e. The van der Waals surface area contributed by atoms with Crippen molar-refractivity contribution in [2.45, 2.75) is 90.4 Å². The standard InChI is InChI=1S/C36H47N7O5/c1-22(39-33(44)25-13-11-24(12-14-25)28-16-15-27(21-38-28)42-35(46)48-36(3,4)5)29-20-32(41-23(2)40-29)43-30-10-8-7-9-26(30)19-31(43)34(45)37-17-18-47-6/h11-16,20-22,26,30-31H,7-10,17-19H2,1-6H3,(H,37,45)(H,39,44)(H,42,46)/t22?,26-,30-,31-/m0/s1. The maximum absolute atomic E-state index is 13.3. The summed E-state index contributed by atoms with van der Waals surface area (Å²) in [6.45, 7) is 10.1. The first kappa shape index (κ1) is 34.7. The van der Waals surface area contributed by atoms with Crippen LogP contribution >= 0.6 is 0 Å². The summed E-state index contributed by atoms with van der Waals surface area (Å²) < 4.78 is 10.4. The average Bonchev–Trinajstić information content (AvgIpc) is 3.44. The summed E-state index contributed by atoms with van der Waals surface area (Å²) in [5.74, 6) is 1.51. The molecule has 256 valence electrons. The molecule has 2 aliphatic rings. The van der Waals surface area contributed by atoms with E-state index in [-0.39, 0.29) is 23.9 Å². The fourth-order valence-corrected chi connectivity index (χ4v) is 6.55. The van der Waals surface area contributed by atoms with Gasteiger partial charge in [0.2, 0.25) is 5.91 Å². The number of benzene rings is 1. The molecule has 48 heavy (non-hydrogen) atoms. The van der Waals surface area contributed by atoms with E-state index < -0.39 is 17.7 Å². The zero-order chi connectivity index (χ0) is 34.4. The number of aromatic nitrogens is 3. The molecule has 3 heterocycles. The average molecular weight is 658 g/mol. The number of fused-ring (bicyclic) bond motifs is 1. The predicted octanol–water partition coefficient (Wildman–Crippen LogP) is 5.59. The Kier molecular flexibility index (Phi) is 10.9. The van der Waals surface area contributed by atoms with Gasteiger partial charge in [0.1, 0.15) is 23.3 Å². The number of nitrogens with zero attached hydrogens (tertiary/aromatic N) is 4. The van der Waals surface area contributed by atoms with Crippen LogP contribution in [-0.4, -0.2) is 70.8 Å². The van der Waals surface area contributed by atoms with Gasteiger partial charge in [-0.05, 0) is 84.1 Å². The molecule has 5 rings (SSSR count). The molecule has 3 N–H and O–H groups in total. The van der Waals surface area contributed by atoms with Crippen LogP contribution in [-0.2, 0) is 14.3 Å². The fourth-order valence-electron chi connectivity index (χ4n) is 6.55. The van der Waals surface area contributed by atoms with E-state index in [1.807, 2.05) is 32.0 Å². The van der Waals surface area contributed by atoms with Gasteiger partial charge in [-0.1, -0.05) is 25.0 Å². The number of anilines is 2. The summed E-state index contributed by atoms with van der Waals surface area (Å²) in [6.07, 6.45) is 6.26. The quantitative estimate of drug-likeness (QED) is 0.238. The van der Waals surface area contributed by atoms with E-state index in [0.29, 0.717) is 47.5 Å². The van der Waals surface area contributed by atoms with Crippen molar-refractivity contribution < 1.29 is 23.9 Å². The highest BCUT2D eigenvalue weighted by Gasteiger charge is 2.46. The molecule has 1 saturated carbocycles. The maximum atomic E-state index is 13.3. The first-order chi connectivity index (χ1) is 22.9. The predicted molar refractivity (Wildman–Crippen MR) is 184 cm³/mol. The molecule has 0 radical (unpaired) electrons. The Morgan fingerprint density at radius 2 is 1.79 bits per heavy atom. The molecule has 2 fully saturated rings. The number of amides is 3. The van der Waals surface area contributed by atoms with Crippen molar-refractivity contribution in [2.24, 2.45) is 5.92 Å². The minimum Gasteiger partial charge on any atom is -0.444 e. The normalized spacial score (nSPS) is 19.6. The van der Waals surface area contributed by atoms with E-state index in [1.54, 1.807) is 58.3 Å². The van der Waals surface area contributed by atoms with Crippen LogP contribution in [0.1, 0.15) is 87.7 Å². The van der Waals surface area contributed by atoms with Gasteiger partial charge in [0.15, 0.2) is 0 Å². The summed E-state index contributed by atoms with van der Waals surface area (Å²) in [7, 11) is 1.62. The first-order valence-electron chi connectivity index (χ1n) is 16.7. The topological polar surface area (TPSA) is 148 Å². The monoisotopic (exact) mass is 657 g/mol. The minimum absolute atomic E-state index is 0.00678. The highest BCUT2D eigenvalue weighted by Crippen LogP contribution is 2.42. The van der Waals surface area contributed by atoms with Gasteiger partial charge in [-0.15, -0.1) is 0 Å². The number of methoxy groups -OCH3 is 1. The van der Waals surface area contributed by atoms with Crippen molar-refractivity contribution >= 4 is 29.4 Å². The molecule has 12 nitrogen and oxygen atoms in total. The smallest absolute Gasteiger partial charge is 0.412 e. The lowest BCUT2D eigenvalue weighted by Crippen LogP contribution is -2.48. The number of hydrogen-bond acceptors (Lipinski definition) is 9. The Morgan fingerprint density at radius 1 is 1.04 bits per heavy atom. The number of aryl methyl sites for hydroxylation is 1. The number of pyridine rings is 1. The molecule has 0 bridgehead atoms. The van der Waals surface area contributed by atoms with E-state index in [9.17, 15) is 14.4 Å². The summed E-state index contributed by atoms with van der Waals surface area (Å²) >= 11 is 0. The molecule has 0 spiro atoms. The molecule has 1 aliphatic heterocycles. The van der Waals surface area contributed by atoms with E-state index in [0.717, 1.165) is 37.1 Å². The van der Waals surface area contributed by atoms with Crippen LogP contribution in [0.15, 0.2) is 48.7 Å². The van der Waals surface area contributed by atoms with Crippen molar-refractivity contribution in [3.05, 3.63) is 65.7 Å². The number of carbonyl (C=O) groups is 3. The van der Waals surface area contributed by atoms with Crippen LogP contribution in [0.25, 0.3) is 11.3 Å². The lowest BCUT2D eigenvalue weighted by Gasteiger charge is -2.35. The summed E-state index contributed by atoms with van der Waals surface area (Å²) in [5, 5.41) is 8.78. The lowest BCUT2D eigenvalue weighted by molar-refractivity contribution is -0.122. The van der Waals surface area contributed by atoms with Crippen molar-refractivity contribution in [3.8, 4) is 11.3 Å². The van der Waals surface area contributed by atoms with Crippen LogP contribution in [0, 0.1) is 12.8 Å². The zero-order valence-corrected chi connectivity index (χ0v) is 28.7. The van der Waals surface area contributed by atoms with Crippen LogP contribution in [0.2, 0.25) is 0 Å². The molecular formula is C36H47N7O5. The number of ether oxygens (including phenoxy) is 2. The Balaban J connectivity index is 1.26. The Labute approximate surface area is 282 Å². The molecule has 1 saturated heterocycles. The van der Waals surface area contributed by atoms with Gasteiger partial charge in [0.05, 0.1) is 35.9 Å². The van der Waals surface area contributed by atoms with Gasteiger partial charge in [0, 0.05) is 36.9 Å². The second-order valence-corrected chi connectivity index (χ2v) is 13.6. The molecular weight excluding hydrogens is 610 g/mol. The second kappa shape index (κ2) is 15.1. The molecule has 2 aromatic heterocycles. The second-order valence-electron chi connectivity index (χ2n) is 13.6. The number of carbonyl (C=O) groups excluding carboxylic acids is 3. The van der Waals surface area contributed by atoms with E-state index in [2.05, 4.69) is 30.8 Å². The number of rotatable bonds is 10. The molecule has 3 aromatic rings. The molecule has 1 aromatic carbocycles. The Morgan fingerprint density at radius 3 is 2.48 bits per heavy atom. The molecule has 3 amide bonds. The molecule has 1 unspecified atom stereocenters. The number of hydrogen-bond donors (Lipinski definition) is 3. The first-order valence-corrected chi connectivity index (χ1v) is 16.7. The van der Waals surface area contributed by atoms with Gasteiger partial charge in [0.25, 0.3) is 5.91 Å². The van der Waals surface area contributed by atoms with E-state index in [1.165, 1.54) is 6.42 Å². The third kappa shape index (κ3) is 8.66. The van der Waals surface area contributed by atoms with Crippen LogP contribution < -0.4 is 20.9 Å². The van der Waals surface area contributed by atoms with Crippen LogP contribution in [0.4, 0.5) is 16.3 Å². The third-order valence-electron chi connectivity index (χ3n) is 8.75. The Bertz CT molecular complexity index is 1590. The molecule has 1 aliphatic carbocycles. The summed E-state index contributed by atoms with van der Waals surface area (Å²) in [6, 6.07) is 12.2. The van der Waals surface area contributed by atoms with Gasteiger partial charge < -0.3 is 25.0 Å². The van der Waals surface area contributed by atoms with Crippen LogP contribution in [0.3, 0.4) is 0 Å². The summed E-state index contributed by atoms with van der Waals surface area (Å²) in [5.41, 5.74) is 2.63. The van der Waals surface area contributed by atoms with Crippen molar-refractivity contribution in [3.63, 3.8) is 0 Å². The highest BCUT2D eigenvalue weighted by molar-refractivity contribution is 5.95. The highest BCUT2D eigenvalue weighted by atomic mass is 16.6. The third-order valence-corrected chi connectivity index (χ3v) is 8.75. The SMILES string of the molecule is COCCNC(=O)[C@@H]1C[C@@H]2CCCC[C@@H]2N1c1cc(C(C)NC(=O)c2ccc(-c3ccc(NC(=O)OC(C)(C)C)cn3)cc2)nc(C)n1. The molecule has 4 atom stereocenters. The van der Waals surface area contributed by atoms with Crippen molar-refractivity contribution in [1.29, 1.82) is 0 Å². The zero-order valence-electron chi connectivity index (χ0n) is 28.7. The minimum atomic E-state index is -0.598. The van der Waals surface area contributed by atoms with Crippen molar-refractivity contribution in [1.82, 2.24) is 25.6 Å². The molecule has 12 heteroatoms. The summed E-state index contributed by atoms with van der Waals surface area (Å²) in [4.78, 5) is 54.8. The van der Waals surface area contributed by atoms with Gasteiger partial charge in [-0.2, -0.15) is 0 Å². The Hall–Kier alpha value is -4.58. The van der Waals surface area contributed by atoms with Gasteiger partial charge >= 0.3 is 6.09 Å². The van der Waals surface area contributed by atoms with E-state index >= 15 is 0 Å². The van der Waals surface area contributed by atoms with Crippen molar-refractivity contribution in [2.75, 3.05) is 30.5 Å². The van der Waals surface area contributed by atoms with Gasteiger partial charge in [-0.25, -0.2) is 14.8 Å². The fraction of sp³-hybridized carbons (Fsp3) is 0.500. The van der Waals surface area contributed by atoms with Gasteiger partial charge in [-0.3, -0.25) is 19.9 Å².